The van der Waals surface area contributed by atoms with Crippen LogP contribution in [0.15, 0.2) is 24.3 Å². The fourth-order valence-electron chi connectivity index (χ4n) is 3.98. The van der Waals surface area contributed by atoms with Crippen LogP contribution >= 0.6 is 0 Å². The van der Waals surface area contributed by atoms with Gasteiger partial charge in [0.2, 0.25) is 5.91 Å². The molecule has 0 saturated carbocycles. The normalized spacial score (nSPS) is 19.7. The lowest BCUT2D eigenvalue weighted by Gasteiger charge is -2.33. The molecule has 0 aliphatic carbocycles. The van der Waals surface area contributed by atoms with Crippen molar-refractivity contribution in [2.45, 2.75) is 65.1 Å². The first-order chi connectivity index (χ1) is 11.5. The Hall–Kier alpha value is -1.81. The largest absolute Gasteiger partial charge is 0.338 e. The van der Waals surface area contributed by atoms with E-state index in [0.717, 1.165) is 31.3 Å². The average molecular weight is 327 g/mol. The Balaban J connectivity index is 1.94. The molecule has 3 rings (SSSR count). The first-order valence-electron chi connectivity index (χ1n) is 9.10. The molecule has 2 heterocycles. The van der Waals surface area contributed by atoms with Gasteiger partial charge in [-0.05, 0) is 58.1 Å². The predicted octanol–water partition coefficient (Wildman–Crippen LogP) is 3.24. The highest BCUT2D eigenvalue weighted by Crippen LogP contribution is 2.27. The fraction of sp³-hybridized carbons (Fsp3) is 0.550. The summed E-state index contributed by atoms with van der Waals surface area (Å²) in [4.78, 5) is 14.9. The second kappa shape index (κ2) is 6.98. The van der Waals surface area contributed by atoms with Crippen LogP contribution in [-0.4, -0.2) is 34.0 Å². The van der Waals surface area contributed by atoms with Gasteiger partial charge in [-0.3, -0.25) is 4.79 Å². The minimum Gasteiger partial charge on any atom is -0.338 e. The monoisotopic (exact) mass is 327 g/mol. The van der Waals surface area contributed by atoms with E-state index in [-0.39, 0.29) is 11.9 Å². The topological polar surface area (TPSA) is 51.3 Å². The maximum atomic E-state index is 12.9. The summed E-state index contributed by atoms with van der Waals surface area (Å²) in [6.45, 7) is 7.64. The van der Waals surface area contributed by atoms with E-state index < -0.39 is 0 Å². The van der Waals surface area contributed by atoms with Crippen LogP contribution in [0.1, 0.15) is 44.4 Å². The number of benzene rings is 1. The lowest BCUT2D eigenvalue weighted by Crippen LogP contribution is -2.43. The van der Waals surface area contributed by atoms with Crippen molar-refractivity contribution in [1.29, 1.82) is 0 Å². The number of carbonyl (C=O) groups excluding carboxylic acids is 1. The number of likely N-dealkylation sites (tertiary alicyclic amines) is 1. The Morgan fingerprint density at radius 1 is 1.33 bits per heavy atom. The van der Waals surface area contributed by atoms with Crippen molar-refractivity contribution in [3.63, 3.8) is 0 Å². The van der Waals surface area contributed by atoms with E-state index in [1.165, 1.54) is 23.1 Å². The van der Waals surface area contributed by atoms with Crippen LogP contribution in [-0.2, 0) is 17.8 Å². The summed E-state index contributed by atoms with van der Waals surface area (Å²) in [7, 11) is 0. The van der Waals surface area contributed by atoms with Crippen molar-refractivity contribution >= 4 is 16.8 Å². The number of hydrogen-bond acceptors (Lipinski definition) is 2. The summed E-state index contributed by atoms with van der Waals surface area (Å²) in [5, 5.41) is 1.23. The molecule has 0 radical (unpaired) electrons. The number of hydrogen-bond donors (Lipinski definition) is 1. The van der Waals surface area contributed by atoms with Crippen LogP contribution in [0, 0.1) is 6.92 Å². The van der Waals surface area contributed by atoms with E-state index in [4.69, 9.17) is 5.73 Å². The molecule has 24 heavy (non-hydrogen) atoms. The Morgan fingerprint density at radius 3 is 2.79 bits per heavy atom. The zero-order chi connectivity index (χ0) is 17.3. The highest BCUT2D eigenvalue weighted by molar-refractivity contribution is 5.87. The van der Waals surface area contributed by atoms with Crippen LogP contribution in [0.3, 0.4) is 0 Å². The SMILES string of the molecule is Cc1c(CC(C)N)c2ccccc2n1CC(=O)N1CCCCC1C. The Labute approximate surface area is 144 Å². The van der Waals surface area contributed by atoms with E-state index >= 15 is 0 Å². The number of para-hydroxylation sites is 1. The number of nitrogens with two attached hydrogens (primary N) is 1. The number of carbonyl (C=O) groups is 1. The molecule has 0 spiro atoms. The molecule has 1 amide bonds. The van der Waals surface area contributed by atoms with Gasteiger partial charge in [0, 0.05) is 35.2 Å². The summed E-state index contributed by atoms with van der Waals surface area (Å²) < 4.78 is 2.18. The van der Waals surface area contributed by atoms with Gasteiger partial charge in [0.25, 0.3) is 0 Å². The number of aromatic nitrogens is 1. The molecule has 2 aromatic rings. The lowest BCUT2D eigenvalue weighted by molar-refractivity contribution is -0.135. The summed E-state index contributed by atoms with van der Waals surface area (Å²) in [6.07, 6.45) is 4.31. The van der Waals surface area contributed by atoms with Gasteiger partial charge in [-0.15, -0.1) is 0 Å². The van der Waals surface area contributed by atoms with E-state index in [9.17, 15) is 4.79 Å². The van der Waals surface area contributed by atoms with Gasteiger partial charge in [0.1, 0.15) is 6.54 Å². The zero-order valence-corrected chi connectivity index (χ0v) is 15.1. The zero-order valence-electron chi connectivity index (χ0n) is 15.1. The van der Waals surface area contributed by atoms with Crippen LogP contribution in [0.2, 0.25) is 0 Å². The van der Waals surface area contributed by atoms with Gasteiger partial charge in [0.05, 0.1) is 0 Å². The van der Waals surface area contributed by atoms with Gasteiger partial charge in [-0.25, -0.2) is 0 Å². The van der Waals surface area contributed by atoms with Crippen molar-refractivity contribution in [3.8, 4) is 0 Å². The van der Waals surface area contributed by atoms with Crippen molar-refractivity contribution < 1.29 is 4.79 Å². The average Bonchev–Trinajstić information content (AvgIpc) is 2.81. The molecule has 4 nitrogen and oxygen atoms in total. The van der Waals surface area contributed by atoms with Crippen molar-refractivity contribution in [2.75, 3.05) is 6.54 Å². The number of fused-ring (bicyclic) bond motifs is 1. The molecule has 2 unspecified atom stereocenters. The predicted molar refractivity (Wildman–Crippen MR) is 99.1 cm³/mol. The number of piperidine rings is 1. The molecule has 2 atom stereocenters. The molecule has 130 valence electrons. The highest BCUT2D eigenvalue weighted by Gasteiger charge is 2.24. The quantitative estimate of drug-likeness (QED) is 0.937. The first kappa shape index (κ1) is 17.0. The van der Waals surface area contributed by atoms with E-state index in [2.05, 4.69) is 41.5 Å². The maximum absolute atomic E-state index is 12.9. The third-order valence-electron chi connectivity index (χ3n) is 5.30. The third kappa shape index (κ3) is 3.20. The molecule has 1 aliphatic rings. The molecule has 1 aromatic heterocycles. The molecule has 1 fully saturated rings. The molecular formula is C20H29N3O. The van der Waals surface area contributed by atoms with Gasteiger partial charge in [-0.1, -0.05) is 18.2 Å². The Kier molecular flexibility index (Phi) is 4.95. The fourth-order valence-corrected chi connectivity index (χ4v) is 3.98. The Bertz CT molecular complexity index is 732. The van der Waals surface area contributed by atoms with Gasteiger partial charge < -0.3 is 15.2 Å². The smallest absolute Gasteiger partial charge is 0.242 e. The van der Waals surface area contributed by atoms with Crippen molar-refractivity contribution in [3.05, 3.63) is 35.5 Å². The summed E-state index contributed by atoms with van der Waals surface area (Å²) in [6, 6.07) is 8.83. The molecule has 0 bridgehead atoms. The summed E-state index contributed by atoms with van der Waals surface area (Å²) in [5.74, 6) is 0.235. The molecule has 1 saturated heterocycles. The molecule has 1 aromatic carbocycles. The first-order valence-corrected chi connectivity index (χ1v) is 9.10. The van der Waals surface area contributed by atoms with Crippen LogP contribution in [0.4, 0.5) is 0 Å². The highest BCUT2D eigenvalue weighted by atomic mass is 16.2. The van der Waals surface area contributed by atoms with Crippen LogP contribution in [0.25, 0.3) is 10.9 Å². The van der Waals surface area contributed by atoms with E-state index in [0.29, 0.717) is 12.6 Å². The molecule has 4 heteroatoms. The van der Waals surface area contributed by atoms with Gasteiger partial charge in [-0.2, -0.15) is 0 Å². The van der Waals surface area contributed by atoms with Gasteiger partial charge in [0.15, 0.2) is 0 Å². The van der Waals surface area contributed by atoms with Crippen molar-refractivity contribution in [1.82, 2.24) is 9.47 Å². The second-order valence-corrected chi connectivity index (χ2v) is 7.28. The standard InChI is InChI=1S/C20H29N3O/c1-14(21)12-18-16(3)23(19-10-5-4-9-17(18)19)13-20(24)22-11-7-6-8-15(22)2/h4-5,9-10,14-15H,6-8,11-13,21H2,1-3H3. The number of amides is 1. The lowest BCUT2D eigenvalue weighted by atomic mass is 10.0. The molecule has 2 N–H and O–H groups in total. The van der Waals surface area contributed by atoms with E-state index in [1.54, 1.807) is 0 Å². The van der Waals surface area contributed by atoms with Crippen LogP contribution in [0.5, 0.6) is 0 Å². The van der Waals surface area contributed by atoms with Crippen LogP contribution < -0.4 is 5.73 Å². The number of rotatable bonds is 4. The molecular weight excluding hydrogens is 298 g/mol. The minimum absolute atomic E-state index is 0.112. The van der Waals surface area contributed by atoms with Crippen molar-refractivity contribution in [2.24, 2.45) is 5.73 Å². The third-order valence-corrected chi connectivity index (χ3v) is 5.30. The van der Waals surface area contributed by atoms with E-state index in [1.807, 2.05) is 13.0 Å². The molecule has 1 aliphatic heterocycles. The summed E-state index contributed by atoms with van der Waals surface area (Å²) in [5.41, 5.74) is 9.64. The number of nitrogens with zero attached hydrogens (tertiary/aromatic N) is 2. The summed E-state index contributed by atoms with van der Waals surface area (Å²) >= 11 is 0. The van der Waals surface area contributed by atoms with Gasteiger partial charge >= 0.3 is 0 Å². The minimum atomic E-state index is 0.112. The maximum Gasteiger partial charge on any atom is 0.242 e. The Morgan fingerprint density at radius 2 is 2.08 bits per heavy atom. The second-order valence-electron chi connectivity index (χ2n) is 7.28.